The fraction of sp³-hybridized carbons (Fsp3) is 0.360. The van der Waals surface area contributed by atoms with Crippen LogP contribution in [0, 0.1) is 0 Å². The molecule has 3 N–H and O–H groups in total. The third kappa shape index (κ3) is 4.44. The molecule has 8 nitrogen and oxygen atoms in total. The number of hydrogen-bond acceptors (Lipinski definition) is 8. The molecule has 2 aromatic carbocycles. The molecule has 8 heteroatoms. The van der Waals surface area contributed by atoms with Gasteiger partial charge < -0.3 is 25.2 Å². The van der Waals surface area contributed by atoms with Crippen LogP contribution in [0.1, 0.15) is 18.4 Å². The Hall–Kier alpha value is -3.36. The summed E-state index contributed by atoms with van der Waals surface area (Å²) < 4.78 is 10.8. The lowest BCUT2D eigenvalue weighted by molar-refractivity contribution is 0.0515. The largest absolute Gasteiger partial charge is 0.508 e. The number of hydrogen-bond donors (Lipinski definition) is 2. The molecule has 0 amide bonds. The molecule has 2 aliphatic heterocycles. The van der Waals surface area contributed by atoms with Crippen LogP contribution in [0.3, 0.4) is 0 Å². The smallest absolute Gasteiger partial charge is 0.188 e. The molecule has 3 heterocycles. The van der Waals surface area contributed by atoms with Crippen LogP contribution in [-0.2, 0) is 11.3 Å². The summed E-state index contributed by atoms with van der Waals surface area (Å²) in [5.74, 6) is 1.45. The number of aromatic nitrogens is 2. The van der Waals surface area contributed by atoms with E-state index in [-0.39, 0.29) is 6.79 Å². The Labute approximate surface area is 193 Å². The van der Waals surface area contributed by atoms with Crippen molar-refractivity contribution in [3.63, 3.8) is 0 Å². The number of anilines is 2. The van der Waals surface area contributed by atoms with Crippen molar-refractivity contribution in [2.24, 2.45) is 0 Å². The Morgan fingerprint density at radius 2 is 1.76 bits per heavy atom. The summed E-state index contributed by atoms with van der Waals surface area (Å²) in [5.41, 5.74) is 10.0. The van der Waals surface area contributed by atoms with Gasteiger partial charge in [-0.05, 0) is 48.7 Å². The summed E-state index contributed by atoms with van der Waals surface area (Å²) in [7, 11) is 1.60. The predicted molar refractivity (Wildman–Crippen MR) is 127 cm³/mol. The molecular formula is C25H29N5O3. The van der Waals surface area contributed by atoms with Gasteiger partial charge in [0.1, 0.15) is 11.5 Å². The van der Waals surface area contributed by atoms with Crippen LogP contribution in [-0.4, -0.2) is 59.3 Å². The third-order valence-electron chi connectivity index (χ3n) is 6.57. The van der Waals surface area contributed by atoms with E-state index < -0.39 is 0 Å². The van der Waals surface area contributed by atoms with Gasteiger partial charge in [-0.1, -0.05) is 24.3 Å². The van der Waals surface area contributed by atoms with Gasteiger partial charge in [0, 0.05) is 44.4 Å². The molecule has 2 atom stereocenters. The van der Waals surface area contributed by atoms with Gasteiger partial charge in [0.05, 0.1) is 11.4 Å². The monoisotopic (exact) mass is 447 g/mol. The molecule has 3 aromatic rings. The molecule has 2 aliphatic rings. The number of para-hydroxylation sites is 1. The molecule has 2 fully saturated rings. The van der Waals surface area contributed by atoms with E-state index in [1.54, 1.807) is 19.2 Å². The number of benzene rings is 2. The predicted octanol–water partition coefficient (Wildman–Crippen LogP) is 3.27. The Bertz CT molecular complexity index is 1090. The normalized spacial score (nSPS) is 20.2. The van der Waals surface area contributed by atoms with E-state index in [1.807, 2.05) is 42.5 Å². The Balaban J connectivity index is 1.36. The number of piperazine rings is 1. The fourth-order valence-corrected chi connectivity index (χ4v) is 4.96. The second-order valence-electron chi connectivity index (χ2n) is 8.68. The zero-order chi connectivity index (χ0) is 22.8. The minimum atomic E-state index is 0.165. The number of aromatic hydroxyl groups is 1. The highest BCUT2D eigenvalue weighted by Gasteiger charge is 2.40. The Kier molecular flexibility index (Phi) is 6.02. The van der Waals surface area contributed by atoms with Crippen molar-refractivity contribution < 1.29 is 14.6 Å². The quantitative estimate of drug-likeness (QED) is 0.533. The molecule has 172 valence electrons. The third-order valence-corrected chi connectivity index (χ3v) is 6.57. The van der Waals surface area contributed by atoms with Crippen LogP contribution in [0.4, 0.5) is 11.5 Å². The van der Waals surface area contributed by atoms with E-state index in [0.717, 1.165) is 49.4 Å². The molecule has 0 aliphatic carbocycles. The van der Waals surface area contributed by atoms with Crippen molar-refractivity contribution in [2.75, 3.05) is 37.6 Å². The maximum atomic E-state index is 9.57. The first kappa shape index (κ1) is 21.5. The van der Waals surface area contributed by atoms with Crippen LogP contribution in [0.15, 0.2) is 54.6 Å². The minimum Gasteiger partial charge on any atom is -0.508 e. The first-order chi connectivity index (χ1) is 16.1. The average molecular weight is 448 g/mol. The van der Waals surface area contributed by atoms with Crippen molar-refractivity contribution in [3.8, 4) is 22.8 Å². The van der Waals surface area contributed by atoms with Gasteiger partial charge in [-0.3, -0.25) is 4.90 Å². The molecule has 1 aromatic heterocycles. The number of phenolic OH excluding ortho intramolecular Hbond substituents is 1. The van der Waals surface area contributed by atoms with Crippen LogP contribution in [0.25, 0.3) is 11.3 Å². The van der Waals surface area contributed by atoms with Gasteiger partial charge in [0.2, 0.25) is 0 Å². The number of ether oxygens (including phenoxy) is 2. The maximum Gasteiger partial charge on any atom is 0.188 e. The number of nitrogens with two attached hydrogens (primary N) is 1. The minimum absolute atomic E-state index is 0.165. The average Bonchev–Trinajstić information content (AvgIpc) is 3.06. The van der Waals surface area contributed by atoms with Crippen LogP contribution in [0.5, 0.6) is 11.5 Å². The van der Waals surface area contributed by atoms with E-state index >= 15 is 0 Å². The first-order valence-electron chi connectivity index (χ1n) is 11.3. The second kappa shape index (κ2) is 9.25. The summed E-state index contributed by atoms with van der Waals surface area (Å²) >= 11 is 0. The highest BCUT2D eigenvalue weighted by atomic mass is 16.7. The van der Waals surface area contributed by atoms with Gasteiger partial charge in [0.15, 0.2) is 12.6 Å². The van der Waals surface area contributed by atoms with E-state index in [2.05, 4.69) is 20.0 Å². The Morgan fingerprint density at radius 3 is 2.48 bits per heavy atom. The standard InChI is InChI=1S/C25H29N5O3/c1-32-16-33-24-5-3-2-4-21(24)22-12-23(25(26)28-27-22)29-14-18-8-9-19(15-29)30(18)13-17-6-10-20(31)11-7-17/h2-7,10-12,18-19,31H,8-9,13-16H2,1H3,(H2,26,28)/t18-,19-/m0/s1. The van der Waals surface area contributed by atoms with E-state index in [1.165, 1.54) is 5.56 Å². The molecule has 33 heavy (non-hydrogen) atoms. The topological polar surface area (TPSA) is 97.0 Å². The van der Waals surface area contributed by atoms with Crippen molar-refractivity contribution in [1.82, 2.24) is 15.1 Å². The molecule has 2 bridgehead atoms. The lowest BCUT2D eigenvalue weighted by atomic mass is 10.1. The summed E-state index contributed by atoms with van der Waals surface area (Å²) in [6, 6.07) is 18.2. The fourth-order valence-electron chi connectivity index (χ4n) is 4.96. The number of nitrogens with zero attached hydrogens (tertiary/aromatic N) is 4. The van der Waals surface area contributed by atoms with Crippen molar-refractivity contribution in [3.05, 3.63) is 60.2 Å². The molecule has 0 unspecified atom stereocenters. The van der Waals surface area contributed by atoms with E-state index in [0.29, 0.717) is 29.4 Å². The van der Waals surface area contributed by atoms with Crippen molar-refractivity contribution in [1.29, 1.82) is 0 Å². The van der Waals surface area contributed by atoms with Crippen LogP contribution in [0.2, 0.25) is 0 Å². The van der Waals surface area contributed by atoms with Crippen molar-refractivity contribution in [2.45, 2.75) is 31.5 Å². The summed E-state index contributed by atoms with van der Waals surface area (Å²) in [5, 5.41) is 18.2. The molecule has 0 radical (unpaired) electrons. The lowest BCUT2D eigenvalue weighted by Gasteiger charge is -2.42. The summed E-state index contributed by atoms with van der Waals surface area (Å²) in [6.45, 7) is 2.85. The van der Waals surface area contributed by atoms with Gasteiger partial charge in [-0.15, -0.1) is 10.2 Å². The first-order valence-corrected chi connectivity index (χ1v) is 11.3. The van der Waals surface area contributed by atoms with Crippen LogP contribution >= 0.6 is 0 Å². The molecule has 2 saturated heterocycles. The van der Waals surface area contributed by atoms with Crippen LogP contribution < -0.4 is 15.4 Å². The van der Waals surface area contributed by atoms with Gasteiger partial charge in [0.25, 0.3) is 0 Å². The molecule has 0 saturated carbocycles. The second-order valence-corrected chi connectivity index (χ2v) is 8.68. The van der Waals surface area contributed by atoms with Gasteiger partial charge in [-0.2, -0.15) is 0 Å². The van der Waals surface area contributed by atoms with Crippen molar-refractivity contribution >= 4 is 11.5 Å². The summed E-state index contributed by atoms with van der Waals surface area (Å²) in [4.78, 5) is 4.93. The molecule has 5 rings (SSSR count). The summed E-state index contributed by atoms with van der Waals surface area (Å²) in [6.07, 6.45) is 2.33. The number of rotatable bonds is 7. The number of methoxy groups -OCH3 is 1. The number of fused-ring (bicyclic) bond motifs is 2. The van der Waals surface area contributed by atoms with E-state index in [4.69, 9.17) is 15.2 Å². The Morgan fingerprint density at radius 1 is 1.03 bits per heavy atom. The SMILES string of the molecule is COCOc1ccccc1-c1cc(N2C[C@@H]3CC[C@@H](C2)N3Cc2ccc(O)cc2)c(N)nn1. The highest BCUT2D eigenvalue weighted by Crippen LogP contribution is 2.37. The van der Waals surface area contributed by atoms with E-state index in [9.17, 15) is 5.11 Å². The number of nitrogen functional groups attached to an aromatic ring is 1. The maximum absolute atomic E-state index is 9.57. The van der Waals surface area contributed by atoms with Gasteiger partial charge >= 0.3 is 0 Å². The zero-order valence-corrected chi connectivity index (χ0v) is 18.7. The highest BCUT2D eigenvalue weighted by molar-refractivity contribution is 5.74. The van der Waals surface area contributed by atoms with Gasteiger partial charge in [-0.25, -0.2) is 0 Å². The lowest BCUT2D eigenvalue weighted by Crippen LogP contribution is -2.53. The zero-order valence-electron chi connectivity index (χ0n) is 18.7. The molecule has 0 spiro atoms. The number of phenols is 1. The molecular weight excluding hydrogens is 418 g/mol.